The first-order valence-electron chi connectivity index (χ1n) is 5.82. The number of benzene rings is 1. The first-order chi connectivity index (χ1) is 8.08. The molecule has 17 heavy (non-hydrogen) atoms. The molecule has 0 radical (unpaired) electrons. The van der Waals surface area contributed by atoms with Crippen molar-refractivity contribution < 1.29 is 4.79 Å². The Morgan fingerprint density at radius 3 is 2.53 bits per heavy atom. The van der Waals surface area contributed by atoms with Crippen molar-refractivity contribution >= 4 is 21.8 Å². The minimum absolute atomic E-state index is 0.150. The summed E-state index contributed by atoms with van der Waals surface area (Å²) in [6, 6.07) is 5.86. The highest BCUT2D eigenvalue weighted by atomic mass is 79.9. The largest absolute Gasteiger partial charge is 0.336 e. The molecule has 0 spiro atoms. The second-order valence-corrected chi connectivity index (χ2v) is 5.47. The fourth-order valence-electron chi connectivity index (χ4n) is 2.00. The molecule has 0 bridgehead atoms. The lowest BCUT2D eigenvalue weighted by atomic mass is 10.1. The lowest BCUT2D eigenvalue weighted by Crippen LogP contribution is -2.47. The van der Waals surface area contributed by atoms with Crippen LogP contribution in [0.25, 0.3) is 0 Å². The number of amides is 1. The Morgan fingerprint density at radius 1 is 1.24 bits per heavy atom. The monoisotopic (exact) mass is 296 g/mol. The van der Waals surface area contributed by atoms with Crippen molar-refractivity contribution in [3.8, 4) is 0 Å². The third-order valence-electron chi connectivity index (χ3n) is 3.22. The van der Waals surface area contributed by atoms with Gasteiger partial charge < -0.3 is 9.80 Å². The van der Waals surface area contributed by atoms with Gasteiger partial charge in [0.25, 0.3) is 5.91 Å². The first kappa shape index (κ1) is 12.6. The normalized spacial score (nSPS) is 17.2. The Kier molecular flexibility index (Phi) is 3.84. The van der Waals surface area contributed by atoms with Gasteiger partial charge in [-0.3, -0.25) is 4.79 Å². The van der Waals surface area contributed by atoms with E-state index in [4.69, 9.17) is 0 Å². The number of piperazine rings is 1. The van der Waals surface area contributed by atoms with Gasteiger partial charge in [0.1, 0.15) is 0 Å². The van der Waals surface area contributed by atoms with Crippen LogP contribution in [0, 0.1) is 6.92 Å². The number of halogens is 1. The van der Waals surface area contributed by atoms with Crippen molar-refractivity contribution in [2.45, 2.75) is 6.92 Å². The van der Waals surface area contributed by atoms with Gasteiger partial charge in [-0.25, -0.2) is 0 Å². The third-order valence-corrected chi connectivity index (χ3v) is 3.71. The van der Waals surface area contributed by atoms with Gasteiger partial charge in [0.15, 0.2) is 0 Å². The van der Waals surface area contributed by atoms with E-state index < -0.39 is 0 Å². The highest BCUT2D eigenvalue weighted by molar-refractivity contribution is 9.10. The molecule has 0 atom stereocenters. The summed E-state index contributed by atoms with van der Waals surface area (Å²) >= 11 is 3.42. The van der Waals surface area contributed by atoms with Crippen molar-refractivity contribution in [1.82, 2.24) is 9.80 Å². The molecule has 0 saturated carbocycles. The van der Waals surface area contributed by atoms with Crippen LogP contribution >= 0.6 is 15.9 Å². The molecule has 0 aliphatic carbocycles. The zero-order valence-corrected chi connectivity index (χ0v) is 11.8. The maximum atomic E-state index is 12.4. The molecule has 1 aliphatic rings. The molecule has 1 saturated heterocycles. The summed E-state index contributed by atoms with van der Waals surface area (Å²) in [7, 11) is 2.09. The zero-order valence-electron chi connectivity index (χ0n) is 10.2. The minimum Gasteiger partial charge on any atom is -0.336 e. The number of carbonyl (C=O) groups excluding carboxylic acids is 1. The summed E-state index contributed by atoms with van der Waals surface area (Å²) in [4.78, 5) is 16.6. The van der Waals surface area contributed by atoms with Crippen LogP contribution in [0.2, 0.25) is 0 Å². The van der Waals surface area contributed by atoms with E-state index in [0.29, 0.717) is 0 Å². The van der Waals surface area contributed by atoms with Crippen molar-refractivity contribution in [2.24, 2.45) is 0 Å². The van der Waals surface area contributed by atoms with Crippen LogP contribution in [-0.4, -0.2) is 48.9 Å². The van der Waals surface area contributed by atoms with E-state index in [1.165, 1.54) is 0 Å². The highest BCUT2D eigenvalue weighted by Crippen LogP contribution is 2.18. The predicted octanol–water partition coefficient (Wildman–Crippen LogP) is 2.15. The molecule has 0 unspecified atom stereocenters. The van der Waals surface area contributed by atoms with Crippen LogP contribution in [0.4, 0.5) is 0 Å². The standard InChI is InChI=1S/C13H17BrN2O/c1-10-3-4-11(14)9-12(10)13(17)16-7-5-15(2)6-8-16/h3-4,9H,5-8H2,1-2H3. The maximum absolute atomic E-state index is 12.4. The lowest BCUT2D eigenvalue weighted by molar-refractivity contribution is 0.0663. The van der Waals surface area contributed by atoms with Gasteiger partial charge in [-0.05, 0) is 31.7 Å². The Labute approximate surface area is 111 Å². The van der Waals surface area contributed by atoms with Gasteiger partial charge in [0.05, 0.1) is 0 Å². The number of nitrogens with zero attached hydrogens (tertiary/aromatic N) is 2. The van der Waals surface area contributed by atoms with E-state index in [2.05, 4.69) is 27.9 Å². The minimum atomic E-state index is 0.150. The number of rotatable bonds is 1. The molecule has 1 heterocycles. The number of hydrogen-bond acceptors (Lipinski definition) is 2. The van der Waals surface area contributed by atoms with Gasteiger partial charge in [0, 0.05) is 36.2 Å². The van der Waals surface area contributed by atoms with E-state index in [9.17, 15) is 4.79 Å². The van der Waals surface area contributed by atoms with E-state index >= 15 is 0 Å². The molecule has 1 aliphatic heterocycles. The maximum Gasteiger partial charge on any atom is 0.254 e. The Hall–Kier alpha value is -0.870. The molecule has 1 aromatic carbocycles. The summed E-state index contributed by atoms with van der Waals surface area (Å²) < 4.78 is 0.959. The number of hydrogen-bond donors (Lipinski definition) is 0. The van der Waals surface area contributed by atoms with Crippen LogP contribution in [0.15, 0.2) is 22.7 Å². The summed E-state index contributed by atoms with van der Waals surface area (Å²) in [5.74, 6) is 0.150. The van der Waals surface area contributed by atoms with Crippen molar-refractivity contribution in [2.75, 3.05) is 33.2 Å². The van der Waals surface area contributed by atoms with Crippen LogP contribution in [-0.2, 0) is 0 Å². The fourth-order valence-corrected chi connectivity index (χ4v) is 2.37. The van der Waals surface area contributed by atoms with Crippen LogP contribution in [0.1, 0.15) is 15.9 Å². The molecule has 0 N–H and O–H groups in total. The first-order valence-corrected chi connectivity index (χ1v) is 6.61. The Bertz CT molecular complexity index is 425. The highest BCUT2D eigenvalue weighted by Gasteiger charge is 2.21. The van der Waals surface area contributed by atoms with Crippen LogP contribution in [0.3, 0.4) is 0 Å². The van der Waals surface area contributed by atoms with E-state index in [1.54, 1.807) is 0 Å². The van der Waals surface area contributed by atoms with Gasteiger partial charge >= 0.3 is 0 Å². The topological polar surface area (TPSA) is 23.6 Å². The predicted molar refractivity (Wildman–Crippen MR) is 72.3 cm³/mol. The van der Waals surface area contributed by atoms with Gasteiger partial charge in [-0.15, -0.1) is 0 Å². The second kappa shape index (κ2) is 5.19. The van der Waals surface area contributed by atoms with E-state index in [0.717, 1.165) is 41.8 Å². The molecule has 1 aromatic rings. The molecule has 2 rings (SSSR count). The number of aryl methyl sites for hydroxylation is 1. The molecule has 1 amide bonds. The molecule has 4 heteroatoms. The van der Waals surface area contributed by atoms with E-state index in [1.807, 2.05) is 30.0 Å². The number of carbonyl (C=O) groups is 1. The van der Waals surface area contributed by atoms with Gasteiger partial charge in [-0.1, -0.05) is 22.0 Å². The summed E-state index contributed by atoms with van der Waals surface area (Å²) in [5.41, 5.74) is 1.85. The quantitative estimate of drug-likeness (QED) is 0.793. The Morgan fingerprint density at radius 2 is 1.88 bits per heavy atom. The molecular formula is C13H17BrN2O. The lowest BCUT2D eigenvalue weighted by Gasteiger charge is -2.32. The number of likely N-dealkylation sites (N-methyl/N-ethyl adjacent to an activating group) is 1. The molecule has 1 fully saturated rings. The van der Waals surface area contributed by atoms with Gasteiger partial charge in [-0.2, -0.15) is 0 Å². The van der Waals surface area contributed by atoms with Crippen molar-refractivity contribution in [3.63, 3.8) is 0 Å². The Balaban J connectivity index is 2.16. The van der Waals surface area contributed by atoms with Gasteiger partial charge in [0.2, 0.25) is 0 Å². The third kappa shape index (κ3) is 2.87. The summed E-state index contributed by atoms with van der Waals surface area (Å²) in [5, 5.41) is 0. The van der Waals surface area contributed by atoms with Crippen LogP contribution in [0.5, 0.6) is 0 Å². The van der Waals surface area contributed by atoms with E-state index in [-0.39, 0.29) is 5.91 Å². The van der Waals surface area contributed by atoms with Crippen LogP contribution < -0.4 is 0 Å². The molecule has 92 valence electrons. The van der Waals surface area contributed by atoms with Crippen molar-refractivity contribution in [1.29, 1.82) is 0 Å². The zero-order chi connectivity index (χ0) is 12.4. The average Bonchev–Trinajstić information content (AvgIpc) is 2.32. The molecular weight excluding hydrogens is 280 g/mol. The fraction of sp³-hybridized carbons (Fsp3) is 0.462. The SMILES string of the molecule is Cc1ccc(Br)cc1C(=O)N1CCN(C)CC1. The average molecular weight is 297 g/mol. The van der Waals surface area contributed by atoms with Crippen molar-refractivity contribution in [3.05, 3.63) is 33.8 Å². The smallest absolute Gasteiger partial charge is 0.254 e. The summed E-state index contributed by atoms with van der Waals surface area (Å²) in [6.45, 7) is 5.54. The summed E-state index contributed by atoms with van der Waals surface area (Å²) in [6.07, 6.45) is 0. The molecule has 3 nitrogen and oxygen atoms in total. The second-order valence-electron chi connectivity index (χ2n) is 4.55. The molecule has 0 aromatic heterocycles.